The van der Waals surface area contributed by atoms with Crippen LogP contribution in [-0.2, 0) is 20.7 Å². The Morgan fingerprint density at radius 1 is 1.11 bits per heavy atom. The van der Waals surface area contributed by atoms with E-state index in [0.717, 1.165) is 16.8 Å². The van der Waals surface area contributed by atoms with Crippen molar-refractivity contribution in [3.8, 4) is 0 Å². The van der Waals surface area contributed by atoms with E-state index in [-0.39, 0.29) is 23.8 Å². The van der Waals surface area contributed by atoms with Gasteiger partial charge in [-0.1, -0.05) is 48.5 Å². The predicted octanol–water partition coefficient (Wildman–Crippen LogP) is 3.18. The van der Waals surface area contributed by atoms with E-state index in [4.69, 9.17) is 4.74 Å². The fourth-order valence-corrected chi connectivity index (χ4v) is 3.85. The third-order valence-electron chi connectivity index (χ3n) is 5.41. The van der Waals surface area contributed by atoms with E-state index in [1.54, 1.807) is 0 Å². The van der Waals surface area contributed by atoms with Gasteiger partial charge in [0, 0.05) is 24.6 Å². The third-order valence-corrected chi connectivity index (χ3v) is 5.41. The lowest BCUT2D eigenvalue weighted by atomic mass is 9.89. The van der Waals surface area contributed by atoms with Gasteiger partial charge >= 0.3 is 0 Å². The summed E-state index contributed by atoms with van der Waals surface area (Å²) >= 11 is 0. The second kappa shape index (κ2) is 7.92. The molecule has 4 rings (SSSR count). The van der Waals surface area contributed by atoms with Gasteiger partial charge in [0.2, 0.25) is 11.8 Å². The van der Waals surface area contributed by atoms with E-state index in [0.29, 0.717) is 39.0 Å². The van der Waals surface area contributed by atoms with Crippen LogP contribution in [0.25, 0.3) is 0 Å². The first-order chi connectivity index (χ1) is 13.2. The Balaban J connectivity index is 1.33. The summed E-state index contributed by atoms with van der Waals surface area (Å²) in [5.74, 6) is -0.0219. The van der Waals surface area contributed by atoms with E-state index >= 15 is 0 Å². The minimum atomic E-state index is -0.144. The number of fused-ring (bicyclic) bond motifs is 1. The van der Waals surface area contributed by atoms with Gasteiger partial charge in [0.15, 0.2) is 0 Å². The van der Waals surface area contributed by atoms with Crippen molar-refractivity contribution in [1.29, 1.82) is 0 Å². The first kappa shape index (κ1) is 17.7. The molecule has 5 heteroatoms. The van der Waals surface area contributed by atoms with Crippen LogP contribution in [0.3, 0.4) is 0 Å². The Hall–Kier alpha value is -2.66. The molecule has 0 radical (unpaired) electrons. The third kappa shape index (κ3) is 4.03. The van der Waals surface area contributed by atoms with Crippen LogP contribution in [0.4, 0.5) is 5.69 Å². The normalized spacial score (nSPS) is 22.1. The minimum Gasteiger partial charge on any atom is -0.370 e. The van der Waals surface area contributed by atoms with E-state index in [1.165, 1.54) is 0 Å². The molecule has 0 spiro atoms. The lowest BCUT2D eigenvalue weighted by molar-refractivity contribution is -0.139. The van der Waals surface area contributed by atoms with Crippen LogP contribution in [0.5, 0.6) is 0 Å². The lowest BCUT2D eigenvalue weighted by Crippen LogP contribution is -2.42. The zero-order valence-corrected chi connectivity index (χ0v) is 15.3. The molecule has 0 saturated carbocycles. The van der Waals surface area contributed by atoms with Gasteiger partial charge in [-0.25, -0.2) is 0 Å². The summed E-state index contributed by atoms with van der Waals surface area (Å²) in [5.41, 5.74) is 3.13. The lowest BCUT2D eigenvalue weighted by Gasteiger charge is -2.33. The van der Waals surface area contributed by atoms with Crippen LogP contribution < -0.4 is 5.32 Å². The maximum Gasteiger partial charge on any atom is 0.227 e. The van der Waals surface area contributed by atoms with Crippen molar-refractivity contribution in [3.05, 3.63) is 65.7 Å². The molecule has 2 atom stereocenters. The van der Waals surface area contributed by atoms with Crippen molar-refractivity contribution < 1.29 is 14.3 Å². The van der Waals surface area contributed by atoms with Crippen LogP contribution >= 0.6 is 0 Å². The van der Waals surface area contributed by atoms with Gasteiger partial charge in [-0.2, -0.15) is 0 Å². The predicted molar refractivity (Wildman–Crippen MR) is 103 cm³/mol. The number of hydrogen-bond donors (Lipinski definition) is 1. The number of anilines is 1. The topological polar surface area (TPSA) is 58.6 Å². The molecule has 2 aromatic carbocycles. The number of hydrogen-bond acceptors (Lipinski definition) is 3. The van der Waals surface area contributed by atoms with Crippen LogP contribution in [0.15, 0.2) is 54.6 Å². The Bertz CT molecular complexity index is 821. The molecule has 2 aliphatic rings. The standard InChI is InChI=1S/C22H24N2O3/c25-21(24-12-13-27-20(15-24)16-6-2-1-3-7-16)11-10-18-14-17-8-4-5-9-19(17)23-22(18)26/h1-9,18,20H,10-15H2,(H,23,26)/t18-,20-/m0/s1. The maximum absolute atomic E-state index is 12.7. The molecule has 0 aliphatic carbocycles. The van der Waals surface area contributed by atoms with Crippen LogP contribution in [0.2, 0.25) is 0 Å². The van der Waals surface area contributed by atoms with E-state index in [2.05, 4.69) is 5.32 Å². The zero-order valence-electron chi connectivity index (χ0n) is 15.3. The van der Waals surface area contributed by atoms with Crippen LogP contribution in [-0.4, -0.2) is 36.4 Å². The Kier molecular flexibility index (Phi) is 5.21. The number of rotatable bonds is 4. The van der Waals surface area contributed by atoms with Crippen molar-refractivity contribution >= 4 is 17.5 Å². The summed E-state index contributed by atoms with van der Waals surface area (Å²) in [7, 11) is 0. The van der Waals surface area contributed by atoms with Gasteiger partial charge in [0.05, 0.1) is 13.2 Å². The summed E-state index contributed by atoms with van der Waals surface area (Å²) in [5, 5.41) is 2.96. The smallest absolute Gasteiger partial charge is 0.227 e. The molecule has 140 valence electrons. The first-order valence-electron chi connectivity index (χ1n) is 9.54. The molecule has 2 aliphatic heterocycles. The zero-order chi connectivity index (χ0) is 18.6. The molecular formula is C22H24N2O3. The summed E-state index contributed by atoms with van der Waals surface area (Å²) in [6.07, 6.45) is 1.59. The number of morpholine rings is 1. The van der Waals surface area contributed by atoms with E-state index < -0.39 is 0 Å². The first-order valence-corrected chi connectivity index (χ1v) is 9.54. The number of nitrogens with one attached hydrogen (secondary N) is 1. The number of carbonyl (C=O) groups excluding carboxylic acids is 2. The largest absolute Gasteiger partial charge is 0.370 e. The number of carbonyl (C=O) groups is 2. The van der Waals surface area contributed by atoms with Gasteiger partial charge in [0.25, 0.3) is 0 Å². The molecule has 2 amide bonds. The van der Waals surface area contributed by atoms with Crippen LogP contribution in [0.1, 0.15) is 30.1 Å². The Morgan fingerprint density at radius 2 is 1.89 bits per heavy atom. The maximum atomic E-state index is 12.7. The van der Waals surface area contributed by atoms with Crippen molar-refractivity contribution in [2.75, 3.05) is 25.0 Å². The molecule has 27 heavy (non-hydrogen) atoms. The number of amides is 2. The molecule has 1 fully saturated rings. The molecule has 0 unspecified atom stereocenters. The average molecular weight is 364 g/mol. The average Bonchev–Trinajstić information content (AvgIpc) is 2.72. The SMILES string of the molecule is O=C1Nc2ccccc2C[C@@H]1CCC(=O)N1CCO[C@H](c2ccccc2)C1. The molecule has 5 nitrogen and oxygen atoms in total. The molecule has 0 aromatic heterocycles. The highest BCUT2D eigenvalue weighted by Gasteiger charge is 2.29. The fourth-order valence-electron chi connectivity index (χ4n) is 3.85. The summed E-state index contributed by atoms with van der Waals surface area (Å²) < 4.78 is 5.84. The Morgan fingerprint density at radius 3 is 2.74 bits per heavy atom. The van der Waals surface area contributed by atoms with Crippen molar-refractivity contribution in [3.63, 3.8) is 0 Å². The van der Waals surface area contributed by atoms with Crippen molar-refractivity contribution in [2.24, 2.45) is 5.92 Å². The van der Waals surface area contributed by atoms with Crippen molar-refractivity contribution in [2.45, 2.75) is 25.4 Å². The van der Waals surface area contributed by atoms with Gasteiger partial charge in [-0.05, 0) is 30.0 Å². The van der Waals surface area contributed by atoms with Crippen LogP contribution in [0, 0.1) is 5.92 Å². The summed E-state index contributed by atoms with van der Waals surface area (Å²) in [6.45, 7) is 1.73. The molecule has 0 bridgehead atoms. The molecular weight excluding hydrogens is 340 g/mol. The summed E-state index contributed by atoms with van der Waals surface area (Å²) in [4.78, 5) is 26.9. The highest BCUT2D eigenvalue weighted by atomic mass is 16.5. The molecule has 2 aromatic rings. The number of nitrogens with zero attached hydrogens (tertiary/aromatic N) is 1. The van der Waals surface area contributed by atoms with Gasteiger partial charge in [-0.3, -0.25) is 9.59 Å². The van der Waals surface area contributed by atoms with Gasteiger partial charge in [-0.15, -0.1) is 0 Å². The summed E-state index contributed by atoms with van der Waals surface area (Å²) in [6, 6.07) is 17.9. The number of para-hydroxylation sites is 1. The minimum absolute atomic E-state index is 0.0191. The van der Waals surface area contributed by atoms with E-state index in [1.807, 2.05) is 59.5 Å². The van der Waals surface area contributed by atoms with E-state index in [9.17, 15) is 9.59 Å². The number of benzene rings is 2. The highest BCUT2D eigenvalue weighted by molar-refractivity contribution is 5.96. The molecule has 1 saturated heterocycles. The number of ether oxygens (including phenoxy) is 1. The van der Waals surface area contributed by atoms with Gasteiger partial charge in [0.1, 0.15) is 6.10 Å². The fraction of sp³-hybridized carbons (Fsp3) is 0.364. The molecule has 1 N–H and O–H groups in total. The second-order valence-electron chi connectivity index (χ2n) is 7.20. The quantitative estimate of drug-likeness (QED) is 0.906. The highest BCUT2D eigenvalue weighted by Crippen LogP contribution is 2.28. The Labute approximate surface area is 159 Å². The second-order valence-corrected chi connectivity index (χ2v) is 7.20. The monoisotopic (exact) mass is 364 g/mol. The van der Waals surface area contributed by atoms with Crippen molar-refractivity contribution in [1.82, 2.24) is 4.90 Å². The molecule has 2 heterocycles. The van der Waals surface area contributed by atoms with Gasteiger partial charge < -0.3 is 15.0 Å².